The van der Waals surface area contributed by atoms with Crippen molar-refractivity contribution in [1.29, 1.82) is 0 Å². The van der Waals surface area contributed by atoms with E-state index in [1.54, 1.807) is 30.5 Å². The molecule has 0 saturated heterocycles. The largest absolute Gasteiger partial charge is 0.462 e. The zero-order chi connectivity index (χ0) is 12.4. The van der Waals surface area contributed by atoms with Crippen LogP contribution in [-0.2, 0) is 4.74 Å². The molecule has 0 fully saturated rings. The molecule has 4 heteroatoms. The van der Waals surface area contributed by atoms with Gasteiger partial charge >= 0.3 is 0 Å². The molecule has 1 aromatic heterocycles. The van der Waals surface area contributed by atoms with Crippen LogP contribution in [0.5, 0.6) is 0 Å². The fraction of sp³-hybridized carbons (Fsp3) is 0.143. The maximum absolute atomic E-state index is 12.1. The van der Waals surface area contributed by atoms with Gasteiger partial charge in [-0.2, -0.15) is 0 Å². The molecular formula is C14H11NO3. The summed E-state index contributed by atoms with van der Waals surface area (Å²) in [5, 5.41) is 0. The van der Waals surface area contributed by atoms with Gasteiger partial charge in [0, 0.05) is 5.56 Å². The van der Waals surface area contributed by atoms with Crippen molar-refractivity contribution in [2.75, 3.05) is 6.54 Å². The molecule has 0 saturated carbocycles. The van der Waals surface area contributed by atoms with Crippen molar-refractivity contribution in [3.05, 3.63) is 60.1 Å². The van der Waals surface area contributed by atoms with E-state index in [2.05, 4.69) is 4.99 Å². The number of benzene rings is 1. The maximum atomic E-state index is 12.1. The molecule has 1 atom stereocenters. The normalized spacial score (nSPS) is 18.2. The van der Waals surface area contributed by atoms with E-state index in [1.165, 1.54) is 0 Å². The smallest absolute Gasteiger partial charge is 0.253 e. The third-order valence-electron chi connectivity index (χ3n) is 2.74. The molecule has 1 aliphatic rings. The van der Waals surface area contributed by atoms with Crippen LogP contribution in [0.15, 0.2) is 58.1 Å². The number of nitrogens with zero attached hydrogens (tertiary/aromatic N) is 1. The minimum atomic E-state index is -0.549. The Labute approximate surface area is 104 Å². The number of furan rings is 1. The number of Topliss-reactive ketones (excluding diaryl/α,β-unsaturated/α-hetero) is 1. The first-order valence-electron chi connectivity index (χ1n) is 5.69. The number of aliphatic imine (C=N–C) groups is 1. The van der Waals surface area contributed by atoms with Crippen molar-refractivity contribution in [3.63, 3.8) is 0 Å². The maximum Gasteiger partial charge on any atom is 0.253 e. The van der Waals surface area contributed by atoms with Crippen molar-refractivity contribution >= 4 is 11.7 Å². The highest BCUT2D eigenvalue weighted by Gasteiger charge is 2.29. The van der Waals surface area contributed by atoms with Gasteiger partial charge in [-0.1, -0.05) is 30.3 Å². The first-order valence-corrected chi connectivity index (χ1v) is 5.69. The molecule has 90 valence electrons. The molecule has 3 rings (SSSR count). The van der Waals surface area contributed by atoms with Crippen LogP contribution in [0.2, 0.25) is 0 Å². The third-order valence-corrected chi connectivity index (χ3v) is 2.74. The highest BCUT2D eigenvalue weighted by atomic mass is 16.5. The number of carbonyl (C=O) groups is 1. The van der Waals surface area contributed by atoms with Crippen molar-refractivity contribution in [1.82, 2.24) is 0 Å². The molecule has 2 aromatic rings. The predicted molar refractivity (Wildman–Crippen MR) is 65.8 cm³/mol. The topological polar surface area (TPSA) is 51.8 Å². The summed E-state index contributed by atoms with van der Waals surface area (Å²) in [6.07, 6.45) is 1.00. The molecule has 18 heavy (non-hydrogen) atoms. The Morgan fingerprint density at radius 1 is 1.17 bits per heavy atom. The number of ketones is 1. The van der Waals surface area contributed by atoms with E-state index in [-0.39, 0.29) is 5.78 Å². The van der Waals surface area contributed by atoms with Crippen LogP contribution in [-0.4, -0.2) is 24.3 Å². The van der Waals surface area contributed by atoms with Gasteiger partial charge in [-0.25, -0.2) is 4.99 Å². The molecular weight excluding hydrogens is 230 g/mol. The summed E-state index contributed by atoms with van der Waals surface area (Å²) in [4.78, 5) is 16.3. The molecule has 0 spiro atoms. The molecule has 0 amide bonds. The summed E-state index contributed by atoms with van der Waals surface area (Å²) >= 11 is 0. The molecule has 0 aliphatic carbocycles. The second-order valence-electron chi connectivity index (χ2n) is 3.96. The summed E-state index contributed by atoms with van der Waals surface area (Å²) in [5.74, 6) is 0.897. The van der Waals surface area contributed by atoms with E-state index < -0.39 is 6.10 Å². The van der Waals surface area contributed by atoms with Gasteiger partial charge in [-0.15, -0.1) is 0 Å². The summed E-state index contributed by atoms with van der Waals surface area (Å²) in [6, 6.07) is 12.6. The summed E-state index contributed by atoms with van der Waals surface area (Å²) in [5.41, 5.74) is 0.637. The molecule has 4 nitrogen and oxygen atoms in total. The van der Waals surface area contributed by atoms with Gasteiger partial charge in [0.25, 0.3) is 5.90 Å². The Balaban J connectivity index is 1.73. The standard InChI is InChI=1S/C14H11NO3/c16-13(10-5-2-1-3-6-10)12-9-15-14(18-12)11-7-4-8-17-11/h1-8,12H,9H2. The van der Waals surface area contributed by atoms with Gasteiger partial charge in [0.15, 0.2) is 11.9 Å². The first-order chi connectivity index (χ1) is 8.84. The monoisotopic (exact) mass is 241 g/mol. The SMILES string of the molecule is O=C(c1ccccc1)C1CN=C(c2ccco2)O1. The lowest BCUT2D eigenvalue weighted by Crippen LogP contribution is -2.24. The van der Waals surface area contributed by atoms with Crippen LogP contribution in [0.25, 0.3) is 0 Å². The van der Waals surface area contributed by atoms with Crippen molar-refractivity contribution in [2.45, 2.75) is 6.10 Å². The number of ether oxygens (including phenoxy) is 1. The van der Waals surface area contributed by atoms with E-state index >= 15 is 0 Å². The molecule has 1 aromatic carbocycles. The molecule has 0 N–H and O–H groups in total. The van der Waals surface area contributed by atoms with E-state index in [0.29, 0.717) is 23.8 Å². The quantitative estimate of drug-likeness (QED) is 0.775. The predicted octanol–water partition coefficient (Wildman–Crippen LogP) is 2.31. The molecule has 0 bridgehead atoms. The summed E-state index contributed by atoms with van der Waals surface area (Å²) in [6.45, 7) is 0.337. The van der Waals surface area contributed by atoms with Crippen molar-refractivity contribution in [2.24, 2.45) is 4.99 Å². The van der Waals surface area contributed by atoms with Crippen LogP contribution >= 0.6 is 0 Å². The number of hydrogen-bond acceptors (Lipinski definition) is 4. The van der Waals surface area contributed by atoms with Crippen LogP contribution in [0.3, 0.4) is 0 Å². The molecule has 0 radical (unpaired) electrons. The zero-order valence-corrected chi connectivity index (χ0v) is 9.58. The van der Waals surface area contributed by atoms with E-state index in [9.17, 15) is 4.79 Å². The molecule has 1 aliphatic heterocycles. The summed E-state index contributed by atoms with van der Waals surface area (Å²) in [7, 11) is 0. The fourth-order valence-electron chi connectivity index (χ4n) is 1.84. The lowest BCUT2D eigenvalue weighted by molar-refractivity contribution is 0.0815. The second-order valence-corrected chi connectivity index (χ2v) is 3.96. The molecule has 2 heterocycles. The Morgan fingerprint density at radius 2 is 2.00 bits per heavy atom. The van der Waals surface area contributed by atoms with Crippen LogP contribution in [0.1, 0.15) is 16.1 Å². The first kappa shape index (κ1) is 10.8. The van der Waals surface area contributed by atoms with E-state index in [0.717, 1.165) is 0 Å². The van der Waals surface area contributed by atoms with Crippen LogP contribution < -0.4 is 0 Å². The minimum Gasteiger partial charge on any atom is -0.462 e. The van der Waals surface area contributed by atoms with Gasteiger partial charge in [0.05, 0.1) is 12.8 Å². The Morgan fingerprint density at radius 3 is 2.72 bits per heavy atom. The zero-order valence-electron chi connectivity index (χ0n) is 9.58. The minimum absolute atomic E-state index is 0.0547. The second kappa shape index (κ2) is 4.49. The van der Waals surface area contributed by atoms with Crippen molar-refractivity contribution in [3.8, 4) is 0 Å². The van der Waals surface area contributed by atoms with Gasteiger partial charge in [0.2, 0.25) is 5.78 Å². The molecule has 1 unspecified atom stereocenters. The average molecular weight is 241 g/mol. The van der Waals surface area contributed by atoms with Gasteiger partial charge in [0.1, 0.15) is 0 Å². The van der Waals surface area contributed by atoms with Gasteiger partial charge in [-0.05, 0) is 12.1 Å². The Kier molecular flexibility index (Phi) is 2.68. The Bertz CT molecular complexity index is 572. The fourth-order valence-corrected chi connectivity index (χ4v) is 1.84. The van der Waals surface area contributed by atoms with Gasteiger partial charge in [-0.3, -0.25) is 4.79 Å². The van der Waals surface area contributed by atoms with Gasteiger partial charge < -0.3 is 9.15 Å². The average Bonchev–Trinajstić information content (AvgIpc) is 3.09. The number of carbonyl (C=O) groups excluding carboxylic acids is 1. The van der Waals surface area contributed by atoms with Crippen LogP contribution in [0.4, 0.5) is 0 Å². The lowest BCUT2D eigenvalue weighted by atomic mass is 10.1. The van der Waals surface area contributed by atoms with E-state index in [4.69, 9.17) is 9.15 Å². The third kappa shape index (κ3) is 1.93. The highest BCUT2D eigenvalue weighted by molar-refractivity contribution is 6.03. The van der Waals surface area contributed by atoms with Crippen molar-refractivity contribution < 1.29 is 13.9 Å². The van der Waals surface area contributed by atoms with Crippen LogP contribution in [0, 0.1) is 0 Å². The van der Waals surface area contributed by atoms with E-state index in [1.807, 2.05) is 18.2 Å². The Hall–Kier alpha value is -2.36. The number of hydrogen-bond donors (Lipinski definition) is 0. The summed E-state index contributed by atoms with van der Waals surface area (Å²) < 4.78 is 10.7. The lowest BCUT2D eigenvalue weighted by Gasteiger charge is -2.09. The highest BCUT2D eigenvalue weighted by Crippen LogP contribution is 2.16. The number of rotatable bonds is 3.